The van der Waals surface area contributed by atoms with E-state index in [0.717, 1.165) is 11.4 Å². The van der Waals surface area contributed by atoms with Crippen LogP contribution in [-0.2, 0) is 10.0 Å². The third-order valence-corrected chi connectivity index (χ3v) is 5.45. The molecule has 2 aromatic heterocycles. The maximum atomic E-state index is 12.5. The zero-order valence-electron chi connectivity index (χ0n) is 12.0. The van der Waals surface area contributed by atoms with Crippen LogP contribution in [0.3, 0.4) is 0 Å². The molecule has 0 atom stereocenters. The highest BCUT2D eigenvalue weighted by molar-refractivity contribution is 7.93. The summed E-state index contributed by atoms with van der Waals surface area (Å²) in [7, 11) is -3.70. The van der Waals surface area contributed by atoms with Crippen molar-refractivity contribution in [2.75, 3.05) is 4.72 Å². The minimum absolute atomic E-state index is 0.143. The van der Waals surface area contributed by atoms with E-state index >= 15 is 0 Å². The summed E-state index contributed by atoms with van der Waals surface area (Å²) >= 11 is 1.25. The number of nitrogens with zero attached hydrogens (tertiary/aromatic N) is 3. The van der Waals surface area contributed by atoms with Crippen LogP contribution in [0.1, 0.15) is 11.4 Å². The fourth-order valence-electron chi connectivity index (χ4n) is 1.99. The molecule has 114 valence electrons. The standard InChI is InChI=1S/C14H14N4O2S2/c1-10-9-21-14(15-10)17-22(19,20)13-8-18(16-11(13)2)12-6-4-3-5-7-12/h3-9H,1-2H3,(H,15,17). The van der Waals surface area contributed by atoms with Crippen LogP contribution in [0, 0.1) is 13.8 Å². The van der Waals surface area contributed by atoms with Gasteiger partial charge in [-0.05, 0) is 26.0 Å². The highest BCUT2D eigenvalue weighted by atomic mass is 32.2. The van der Waals surface area contributed by atoms with Crippen molar-refractivity contribution >= 4 is 26.5 Å². The van der Waals surface area contributed by atoms with E-state index in [4.69, 9.17) is 0 Å². The van der Waals surface area contributed by atoms with Crippen LogP contribution in [0.15, 0.2) is 46.8 Å². The van der Waals surface area contributed by atoms with Gasteiger partial charge in [0, 0.05) is 5.38 Å². The Morgan fingerprint density at radius 2 is 1.91 bits per heavy atom. The molecule has 0 saturated carbocycles. The van der Waals surface area contributed by atoms with Crippen molar-refractivity contribution in [1.29, 1.82) is 0 Å². The average molecular weight is 334 g/mol. The fraction of sp³-hybridized carbons (Fsp3) is 0.143. The van der Waals surface area contributed by atoms with Crippen LogP contribution >= 0.6 is 11.3 Å². The zero-order valence-corrected chi connectivity index (χ0v) is 13.6. The second-order valence-corrected chi connectivity index (χ2v) is 7.27. The van der Waals surface area contributed by atoms with E-state index < -0.39 is 10.0 Å². The molecule has 0 fully saturated rings. The molecule has 22 heavy (non-hydrogen) atoms. The summed E-state index contributed by atoms with van der Waals surface area (Å²) in [6, 6.07) is 9.36. The topological polar surface area (TPSA) is 76.9 Å². The molecule has 8 heteroatoms. The second-order valence-electron chi connectivity index (χ2n) is 4.76. The quantitative estimate of drug-likeness (QED) is 0.796. The molecular weight excluding hydrogens is 320 g/mol. The van der Waals surface area contributed by atoms with Crippen molar-refractivity contribution in [3.05, 3.63) is 53.3 Å². The first-order valence-electron chi connectivity index (χ1n) is 6.52. The first-order chi connectivity index (χ1) is 10.5. The number of anilines is 1. The van der Waals surface area contributed by atoms with Gasteiger partial charge >= 0.3 is 0 Å². The summed E-state index contributed by atoms with van der Waals surface area (Å²) in [4.78, 5) is 4.26. The van der Waals surface area contributed by atoms with Crippen molar-refractivity contribution in [3.8, 4) is 5.69 Å². The largest absolute Gasteiger partial charge is 0.267 e. The molecule has 0 aliphatic rings. The lowest BCUT2D eigenvalue weighted by atomic mass is 10.3. The number of sulfonamides is 1. The van der Waals surface area contributed by atoms with Gasteiger partial charge < -0.3 is 0 Å². The molecule has 0 spiro atoms. The van der Waals surface area contributed by atoms with E-state index in [-0.39, 0.29) is 4.90 Å². The lowest BCUT2D eigenvalue weighted by molar-refractivity contribution is 0.600. The minimum atomic E-state index is -3.70. The van der Waals surface area contributed by atoms with Crippen LogP contribution in [0.25, 0.3) is 5.69 Å². The van der Waals surface area contributed by atoms with Gasteiger partial charge in [-0.2, -0.15) is 5.10 Å². The molecule has 1 N–H and O–H groups in total. The number of hydrogen-bond acceptors (Lipinski definition) is 5. The van der Waals surface area contributed by atoms with Crippen molar-refractivity contribution in [1.82, 2.24) is 14.8 Å². The highest BCUT2D eigenvalue weighted by Gasteiger charge is 2.22. The molecule has 0 aliphatic carbocycles. The van der Waals surface area contributed by atoms with Gasteiger partial charge in [0.25, 0.3) is 10.0 Å². The van der Waals surface area contributed by atoms with E-state index in [1.165, 1.54) is 17.5 Å². The van der Waals surface area contributed by atoms with E-state index in [1.54, 1.807) is 17.0 Å². The maximum absolute atomic E-state index is 12.5. The van der Waals surface area contributed by atoms with E-state index in [0.29, 0.717) is 10.8 Å². The van der Waals surface area contributed by atoms with Crippen LogP contribution in [0.5, 0.6) is 0 Å². The monoisotopic (exact) mass is 334 g/mol. The molecule has 6 nitrogen and oxygen atoms in total. The number of nitrogens with one attached hydrogen (secondary N) is 1. The Bertz CT molecular complexity index is 898. The van der Waals surface area contributed by atoms with Gasteiger partial charge in [0.05, 0.1) is 23.3 Å². The number of para-hydroxylation sites is 1. The molecular formula is C14H14N4O2S2. The Morgan fingerprint density at radius 1 is 1.18 bits per heavy atom. The number of hydrogen-bond donors (Lipinski definition) is 1. The molecule has 0 aliphatic heterocycles. The van der Waals surface area contributed by atoms with Crippen LogP contribution in [0.2, 0.25) is 0 Å². The van der Waals surface area contributed by atoms with Crippen molar-refractivity contribution in [2.24, 2.45) is 0 Å². The van der Waals surface area contributed by atoms with Crippen molar-refractivity contribution < 1.29 is 8.42 Å². The lowest BCUT2D eigenvalue weighted by Gasteiger charge is -2.03. The maximum Gasteiger partial charge on any atom is 0.267 e. The molecule has 0 radical (unpaired) electrons. The number of rotatable bonds is 4. The van der Waals surface area contributed by atoms with Gasteiger partial charge in [-0.3, -0.25) is 4.72 Å². The Labute approximate surface area is 132 Å². The predicted octanol–water partition coefficient (Wildman–Crippen LogP) is 2.75. The Morgan fingerprint density at radius 3 is 2.55 bits per heavy atom. The number of aromatic nitrogens is 3. The summed E-state index contributed by atoms with van der Waals surface area (Å²) in [6.45, 7) is 3.48. The molecule has 3 aromatic rings. The normalized spacial score (nSPS) is 11.5. The SMILES string of the molecule is Cc1csc(NS(=O)(=O)c2cn(-c3ccccc3)nc2C)n1. The van der Waals surface area contributed by atoms with E-state index in [2.05, 4.69) is 14.8 Å². The van der Waals surface area contributed by atoms with Gasteiger partial charge in [0.15, 0.2) is 5.13 Å². The lowest BCUT2D eigenvalue weighted by Crippen LogP contribution is -2.13. The molecule has 0 bridgehead atoms. The number of thiazole rings is 1. The summed E-state index contributed by atoms with van der Waals surface area (Å²) in [5.74, 6) is 0. The second kappa shape index (κ2) is 5.54. The smallest absolute Gasteiger partial charge is 0.255 e. The van der Waals surface area contributed by atoms with Crippen molar-refractivity contribution in [2.45, 2.75) is 18.7 Å². The van der Waals surface area contributed by atoms with Crippen LogP contribution in [-0.4, -0.2) is 23.2 Å². The first kappa shape index (κ1) is 14.7. The summed E-state index contributed by atoms with van der Waals surface area (Å²) < 4.78 is 29.0. The molecule has 0 amide bonds. The molecule has 1 aromatic carbocycles. The third kappa shape index (κ3) is 2.88. The molecule has 0 unspecified atom stereocenters. The number of benzene rings is 1. The predicted molar refractivity (Wildman–Crippen MR) is 86.0 cm³/mol. The van der Waals surface area contributed by atoms with Crippen LogP contribution in [0.4, 0.5) is 5.13 Å². The summed E-state index contributed by atoms with van der Waals surface area (Å²) in [5.41, 5.74) is 2.01. The Hall–Kier alpha value is -2.19. The third-order valence-electron chi connectivity index (χ3n) is 3.00. The minimum Gasteiger partial charge on any atom is -0.255 e. The summed E-state index contributed by atoms with van der Waals surface area (Å²) in [5, 5.41) is 6.42. The Kier molecular flexibility index (Phi) is 3.71. The van der Waals surface area contributed by atoms with Gasteiger partial charge in [0.2, 0.25) is 0 Å². The molecule has 2 heterocycles. The molecule has 3 rings (SSSR count). The Balaban J connectivity index is 1.96. The van der Waals surface area contributed by atoms with Gasteiger partial charge in [-0.15, -0.1) is 11.3 Å². The summed E-state index contributed by atoms with van der Waals surface area (Å²) in [6.07, 6.45) is 1.51. The number of aryl methyl sites for hydroxylation is 2. The van der Waals surface area contributed by atoms with Gasteiger partial charge in [-0.1, -0.05) is 18.2 Å². The van der Waals surface area contributed by atoms with Gasteiger partial charge in [-0.25, -0.2) is 18.1 Å². The van der Waals surface area contributed by atoms with Gasteiger partial charge in [0.1, 0.15) is 4.90 Å². The van der Waals surface area contributed by atoms with E-state index in [1.807, 2.05) is 37.3 Å². The van der Waals surface area contributed by atoms with Crippen molar-refractivity contribution in [3.63, 3.8) is 0 Å². The zero-order chi connectivity index (χ0) is 15.7. The highest BCUT2D eigenvalue weighted by Crippen LogP contribution is 2.22. The first-order valence-corrected chi connectivity index (χ1v) is 8.88. The molecule has 0 saturated heterocycles. The average Bonchev–Trinajstić information content (AvgIpc) is 3.06. The van der Waals surface area contributed by atoms with Crippen LogP contribution < -0.4 is 4.72 Å². The fourth-order valence-corrected chi connectivity index (χ4v) is 4.10. The van der Waals surface area contributed by atoms with E-state index in [9.17, 15) is 8.42 Å².